The third-order valence-corrected chi connectivity index (χ3v) is 3.94. The van der Waals surface area contributed by atoms with Gasteiger partial charge in [0.05, 0.1) is 13.3 Å². The van der Waals surface area contributed by atoms with Gasteiger partial charge in [0.1, 0.15) is 5.82 Å². The highest BCUT2D eigenvalue weighted by molar-refractivity contribution is 5.94. The van der Waals surface area contributed by atoms with E-state index in [0.29, 0.717) is 12.2 Å². The molecular formula is C16H19N3O3. The van der Waals surface area contributed by atoms with Crippen molar-refractivity contribution in [3.63, 3.8) is 0 Å². The van der Waals surface area contributed by atoms with E-state index in [1.165, 1.54) is 7.11 Å². The van der Waals surface area contributed by atoms with Crippen LogP contribution in [0.4, 0.5) is 5.82 Å². The van der Waals surface area contributed by atoms with E-state index in [2.05, 4.69) is 10.4 Å². The van der Waals surface area contributed by atoms with Gasteiger partial charge < -0.3 is 15.2 Å². The number of rotatable bonds is 3. The normalized spacial score (nSPS) is 17.3. The number of anilines is 1. The number of aromatic nitrogens is 2. The summed E-state index contributed by atoms with van der Waals surface area (Å²) in [5, 5.41) is 17.0. The average Bonchev–Trinajstić information content (AvgIpc) is 2.90. The van der Waals surface area contributed by atoms with Crippen LogP contribution >= 0.6 is 0 Å². The fourth-order valence-electron chi connectivity index (χ4n) is 2.84. The molecule has 0 fully saturated rings. The van der Waals surface area contributed by atoms with Crippen LogP contribution in [0.5, 0.6) is 11.5 Å². The van der Waals surface area contributed by atoms with Crippen LogP contribution in [0.2, 0.25) is 0 Å². The number of aromatic hydroxyl groups is 1. The van der Waals surface area contributed by atoms with E-state index < -0.39 is 0 Å². The van der Waals surface area contributed by atoms with Crippen molar-refractivity contribution >= 4 is 11.7 Å². The Labute approximate surface area is 128 Å². The molecule has 1 aromatic heterocycles. The van der Waals surface area contributed by atoms with Gasteiger partial charge in [0.15, 0.2) is 11.5 Å². The van der Waals surface area contributed by atoms with Gasteiger partial charge in [0, 0.05) is 23.9 Å². The van der Waals surface area contributed by atoms with Gasteiger partial charge in [-0.25, -0.2) is 4.68 Å². The number of carbonyl (C=O) groups is 1. The smallest absolute Gasteiger partial charge is 0.226 e. The fourth-order valence-corrected chi connectivity index (χ4v) is 2.84. The average molecular weight is 301 g/mol. The Morgan fingerprint density at radius 3 is 2.91 bits per heavy atom. The van der Waals surface area contributed by atoms with E-state index in [0.717, 1.165) is 16.9 Å². The molecule has 1 amide bonds. The molecular weight excluding hydrogens is 282 g/mol. The quantitative estimate of drug-likeness (QED) is 0.913. The summed E-state index contributed by atoms with van der Waals surface area (Å²) >= 11 is 0. The lowest BCUT2D eigenvalue weighted by molar-refractivity contribution is -0.116. The van der Waals surface area contributed by atoms with Gasteiger partial charge in [0.25, 0.3) is 0 Å². The minimum atomic E-state index is -0.0919. The Morgan fingerprint density at radius 2 is 2.23 bits per heavy atom. The van der Waals surface area contributed by atoms with E-state index in [1.807, 2.05) is 24.6 Å². The van der Waals surface area contributed by atoms with E-state index >= 15 is 0 Å². The summed E-state index contributed by atoms with van der Waals surface area (Å²) in [6, 6.07) is 5.34. The summed E-state index contributed by atoms with van der Waals surface area (Å²) in [7, 11) is 1.51. The number of fused-ring (bicyclic) bond motifs is 1. The van der Waals surface area contributed by atoms with Crippen molar-refractivity contribution in [2.24, 2.45) is 0 Å². The summed E-state index contributed by atoms with van der Waals surface area (Å²) in [5.41, 5.74) is 1.91. The Bertz CT molecular complexity index is 721. The van der Waals surface area contributed by atoms with Gasteiger partial charge in [-0.15, -0.1) is 0 Å². The highest BCUT2D eigenvalue weighted by Crippen LogP contribution is 2.40. The molecule has 116 valence electrons. The van der Waals surface area contributed by atoms with E-state index in [4.69, 9.17) is 4.74 Å². The second-order valence-corrected chi connectivity index (χ2v) is 5.72. The summed E-state index contributed by atoms with van der Waals surface area (Å²) in [4.78, 5) is 12.1. The zero-order chi connectivity index (χ0) is 15.9. The van der Waals surface area contributed by atoms with Crippen molar-refractivity contribution in [1.82, 2.24) is 9.78 Å². The zero-order valence-corrected chi connectivity index (χ0v) is 12.8. The standard InChI is InChI=1S/C16H19N3O3/c1-9(2)19-16-12(8-17-19)11(7-15(21)18-16)10-4-5-13(20)14(6-10)22-3/h4-6,8-9,11,20H,7H2,1-3H3,(H,18,21). The molecule has 0 bridgehead atoms. The number of amides is 1. The molecule has 1 aliphatic rings. The highest BCUT2D eigenvalue weighted by atomic mass is 16.5. The number of phenols is 1. The Balaban J connectivity index is 2.08. The number of ether oxygens (including phenoxy) is 1. The van der Waals surface area contributed by atoms with Crippen LogP contribution in [0.3, 0.4) is 0 Å². The Morgan fingerprint density at radius 1 is 1.45 bits per heavy atom. The third kappa shape index (κ3) is 2.30. The van der Waals surface area contributed by atoms with Crippen molar-refractivity contribution < 1.29 is 14.6 Å². The summed E-state index contributed by atoms with van der Waals surface area (Å²) in [6.45, 7) is 4.04. The monoisotopic (exact) mass is 301 g/mol. The number of methoxy groups -OCH3 is 1. The first-order chi connectivity index (χ1) is 10.5. The lowest BCUT2D eigenvalue weighted by atomic mass is 9.87. The second-order valence-electron chi connectivity index (χ2n) is 5.72. The molecule has 2 N–H and O–H groups in total. The molecule has 22 heavy (non-hydrogen) atoms. The van der Waals surface area contributed by atoms with Gasteiger partial charge in [-0.3, -0.25) is 4.79 Å². The van der Waals surface area contributed by atoms with Crippen molar-refractivity contribution in [2.45, 2.75) is 32.2 Å². The van der Waals surface area contributed by atoms with Gasteiger partial charge in [-0.1, -0.05) is 6.07 Å². The molecule has 1 aromatic carbocycles. The molecule has 2 heterocycles. The number of hydrogen-bond acceptors (Lipinski definition) is 4. The van der Waals surface area contributed by atoms with E-state index in [1.54, 1.807) is 18.3 Å². The van der Waals surface area contributed by atoms with E-state index in [-0.39, 0.29) is 23.6 Å². The van der Waals surface area contributed by atoms with Crippen LogP contribution in [-0.2, 0) is 4.79 Å². The second kappa shape index (κ2) is 5.36. The SMILES string of the molecule is COc1cc(C2CC(=O)Nc3c2cnn3C(C)C)ccc1O. The molecule has 2 aromatic rings. The molecule has 1 aliphatic heterocycles. The lowest BCUT2D eigenvalue weighted by Gasteiger charge is -2.25. The number of nitrogens with one attached hydrogen (secondary N) is 1. The van der Waals surface area contributed by atoms with E-state index in [9.17, 15) is 9.90 Å². The maximum Gasteiger partial charge on any atom is 0.226 e. The summed E-state index contributed by atoms with van der Waals surface area (Å²) in [6.07, 6.45) is 2.16. The lowest BCUT2D eigenvalue weighted by Crippen LogP contribution is -2.25. The topological polar surface area (TPSA) is 76.4 Å². The van der Waals surface area contributed by atoms with Crippen LogP contribution < -0.4 is 10.1 Å². The number of phenolic OH excluding ortho intramolecular Hbond substituents is 1. The molecule has 6 heteroatoms. The highest BCUT2D eigenvalue weighted by Gasteiger charge is 2.30. The molecule has 0 spiro atoms. The van der Waals surface area contributed by atoms with Gasteiger partial charge in [-0.05, 0) is 31.5 Å². The first-order valence-electron chi connectivity index (χ1n) is 7.25. The number of hydrogen-bond donors (Lipinski definition) is 2. The predicted octanol–water partition coefficient (Wildman–Crippen LogP) is 2.65. The van der Waals surface area contributed by atoms with Gasteiger partial charge in [-0.2, -0.15) is 5.10 Å². The number of nitrogens with zero attached hydrogens (tertiary/aromatic N) is 2. The maximum absolute atomic E-state index is 12.1. The first kappa shape index (κ1) is 14.4. The zero-order valence-electron chi connectivity index (χ0n) is 12.8. The van der Waals surface area contributed by atoms with Crippen molar-refractivity contribution in [3.05, 3.63) is 35.5 Å². The number of carbonyl (C=O) groups excluding carboxylic acids is 1. The first-order valence-corrected chi connectivity index (χ1v) is 7.25. The molecule has 0 saturated heterocycles. The van der Waals surface area contributed by atoms with Gasteiger partial charge >= 0.3 is 0 Å². The predicted molar refractivity (Wildman–Crippen MR) is 82.4 cm³/mol. The molecule has 1 atom stereocenters. The number of benzene rings is 1. The molecule has 0 saturated carbocycles. The van der Waals surface area contributed by atoms with Crippen molar-refractivity contribution in [2.75, 3.05) is 12.4 Å². The van der Waals surface area contributed by atoms with Crippen LogP contribution in [0.25, 0.3) is 0 Å². The Kier molecular flexibility index (Phi) is 3.52. The molecule has 1 unspecified atom stereocenters. The largest absolute Gasteiger partial charge is 0.504 e. The summed E-state index contributed by atoms with van der Waals surface area (Å²) < 4.78 is 6.98. The maximum atomic E-state index is 12.1. The van der Waals surface area contributed by atoms with Crippen molar-refractivity contribution in [1.29, 1.82) is 0 Å². The van der Waals surface area contributed by atoms with Crippen molar-refractivity contribution in [3.8, 4) is 11.5 Å². The Hall–Kier alpha value is -2.50. The molecule has 0 radical (unpaired) electrons. The fraction of sp³-hybridized carbons (Fsp3) is 0.375. The summed E-state index contributed by atoms with van der Waals surface area (Å²) in [5.74, 6) is 1.12. The van der Waals surface area contributed by atoms with Crippen LogP contribution in [0, 0.1) is 0 Å². The van der Waals surface area contributed by atoms with Crippen LogP contribution in [0.15, 0.2) is 24.4 Å². The molecule has 6 nitrogen and oxygen atoms in total. The van der Waals surface area contributed by atoms with Gasteiger partial charge in [0.2, 0.25) is 5.91 Å². The van der Waals surface area contributed by atoms with Crippen LogP contribution in [0.1, 0.15) is 43.4 Å². The van der Waals surface area contributed by atoms with Crippen LogP contribution in [-0.4, -0.2) is 27.9 Å². The minimum Gasteiger partial charge on any atom is -0.504 e. The minimum absolute atomic E-state index is 0.0352. The molecule has 3 rings (SSSR count). The third-order valence-electron chi connectivity index (χ3n) is 3.94. The molecule has 0 aliphatic carbocycles.